The van der Waals surface area contributed by atoms with Crippen molar-refractivity contribution >= 4 is 23.5 Å². The van der Waals surface area contributed by atoms with E-state index < -0.39 is 5.54 Å². The molecule has 0 saturated carbocycles. The zero-order valence-corrected chi connectivity index (χ0v) is 14.4. The van der Waals surface area contributed by atoms with E-state index in [1.54, 1.807) is 18.3 Å². The van der Waals surface area contributed by atoms with Gasteiger partial charge in [-0.2, -0.15) is 5.90 Å². The van der Waals surface area contributed by atoms with Gasteiger partial charge in [-0.1, -0.05) is 30.8 Å². The molecule has 1 rings (SSSR count). The highest BCUT2D eigenvalue weighted by molar-refractivity contribution is 6.31. The van der Waals surface area contributed by atoms with Crippen LogP contribution in [0, 0.1) is 0 Å². The first kappa shape index (κ1) is 19.4. The zero-order chi connectivity index (χ0) is 18.2. The molecule has 0 radical (unpaired) electrons. The molecule has 0 spiro atoms. The van der Waals surface area contributed by atoms with Crippen LogP contribution in [0.3, 0.4) is 0 Å². The topological polar surface area (TPSA) is 111 Å². The molecule has 0 saturated heterocycles. The Labute approximate surface area is 146 Å². The standard InChI is InChI=1S/C16H21ClN6O/c1-5-11(14(24-19)20-6-2)10-22-15(18)23-16(3,4)13-12(17)8-7-9-21-13/h5-10H,1-2,19H2,3-4H3,(H3,18,22,23)/b11-10+,20-14-. The second kappa shape index (κ2) is 8.85. The molecule has 0 aliphatic heterocycles. The average molecular weight is 349 g/mol. The van der Waals surface area contributed by atoms with Gasteiger partial charge in [0.05, 0.1) is 21.8 Å². The second-order valence-corrected chi connectivity index (χ2v) is 5.53. The Hall–Kier alpha value is -2.64. The number of nitrogens with two attached hydrogens (primary N) is 2. The van der Waals surface area contributed by atoms with Gasteiger partial charge < -0.3 is 15.9 Å². The second-order valence-electron chi connectivity index (χ2n) is 5.12. The van der Waals surface area contributed by atoms with Crippen LogP contribution in [0.1, 0.15) is 19.5 Å². The molecule has 0 aliphatic rings. The Bertz CT molecular complexity index is 694. The molecule has 0 amide bonds. The lowest BCUT2D eigenvalue weighted by Gasteiger charge is -2.26. The molecule has 0 aromatic carbocycles. The quantitative estimate of drug-likeness (QED) is 0.316. The smallest absolute Gasteiger partial charge is 0.246 e. The number of hydrogen-bond acceptors (Lipinski definition) is 5. The van der Waals surface area contributed by atoms with Crippen LogP contribution in [0.15, 0.2) is 65.5 Å². The van der Waals surface area contributed by atoms with E-state index in [-0.39, 0.29) is 11.9 Å². The fourth-order valence-corrected chi connectivity index (χ4v) is 2.21. The Morgan fingerprint density at radius 2 is 2.12 bits per heavy atom. The van der Waals surface area contributed by atoms with Gasteiger partial charge in [0.2, 0.25) is 5.90 Å². The predicted octanol–water partition coefficient (Wildman–Crippen LogP) is 2.38. The maximum absolute atomic E-state index is 6.17. The number of nitrogens with one attached hydrogen (secondary N) is 1. The predicted molar refractivity (Wildman–Crippen MR) is 98.2 cm³/mol. The van der Waals surface area contributed by atoms with Crippen LogP contribution in [0.2, 0.25) is 5.02 Å². The van der Waals surface area contributed by atoms with Crippen molar-refractivity contribution in [1.82, 2.24) is 10.3 Å². The Morgan fingerprint density at radius 3 is 2.67 bits per heavy atom. The molecule has 1 heterocycles. The summed E-state index contributed by atoms with van der Waals surface area (Å²) in [4.78, 5) is 16.9. The third-order valence-corrected chi connectivity index (χ3v) is 3.23. The van der Waals surface area contributed by atoms with E-state index in [1.165, 1.54) is 18.5 Å². The number of pyridine rings is 1. The maximum atomic E-state index is 6.17. The zero-order valence-electron chi connectivity index (χ0n) is 13.7. The number of aliphatic imine (C=N–C) groups is 2. The fourth-order valence-electron chi connectivity index (χ4n) is 1.85. The van der Waals surface area contributed by atoms with E-state index in [0.29, 0.717) is 16.3 Å². The van der Waals surface area contributed by atoms with Crippen LogP contribution in [-0.4, -0.2) is 16.8 Å². The SMILES string of the molecule is C=C/N=C(ON)/C(C=C)=C/N=C(\N)NC(C)(C)c1ncccc1Cl. The first-order chi connectivity index (χ1) is 11.4. The number of nitrogens with zero attached hydrogens (tertiary/aromatic N) is 3. The van der Waals surface area contributed by atoms with Gasteiger partial charge in [-0.3, -0.25) is 4.98 Å². The summed E-state index contributed by atoms with van der Waals surface area (Å²) in [5, 5.41) is 3.58. The summed E-state index contributed by atoms with van der Waals surface area (Å²) in [6.45, 7) is 10.9. The van der Waals surface area contributed by atoms with Crippen LogP contribution in [0.25, 0.3) is 0 Å². The fraction of sp³-hybridized carbons (Fsp3) is 0.188. The molecule has 0 fully saturated rings. The number of guanidine groups is 1. The molecule has 128 valence electrons. The molecule has 0 aliphatic carbocycles. The van der Waals surface area contributed by atoms with E-state index in [1.807, 2.05) is 13.8 Å². The van der Waals surface area contributed by atoms with E-state index >= 15 is 0 Å². The number of aromatic nitrogens is 1. The van der Waals surface area contributed by atoms with Gasteiger partial charge in [-0.05, 0) is 26.0 Å². The van der Waals surface area contributed by atoms with Crippen LogP contribution in [-0.2, 0) is 10.4 Å². The molecule has 0 bridgehead atoms. The van der Waals surface area contributed by atoms with Crippen LogP contribution in [0.4, 0.5) is 0 Å². The van der Waals surface area contributed by atoms with Crippen molar-refractivity contribution < 1.29 is 4.84 Å². The molecule has 5 N–H and O–H groups in total. The minimum atomic E-state index is -0.628. The maximum Gasteiger partial charge on any atom is 0.246 e. The first-order valence-electron chi connectivity index (χ1n) is 6.96. The summed E-state index contributed by atoms with van der Waals surface area (Å²) in [7, 11) is 0. The van der Waals surface area contributed by atoms with Crippen molar-refractivity contribution in [3.05, 3.63) is 66.3 Å². The lowest BCUT2D eigenvalue weighted by atomic mass is 10.00. The Morgan fingerprint density at radius 1 is 1.42 bits per heavy atom. The summed E-state index contributed by atoms with van der Waals surface area (Å²) < 4.78 is 0. The average Bonchev–Trinajstić information content (AvgIpc) is 2.54. The molecule has 24 heavy (non-hydrogen) atoms. The van der Waals surface area contributed by atoms with Gasteiger partial charge in [-0.25, -0.2) is 9.98 Å². The van der Waals surface area contributed by atoms with E-state index in [4.69, 9.17) is 23.2 Å². The van der Waals surface area contributed by atoms with Crippen molar-refractivity contribution in [2.75, 3.05) is 0 Å². The molecular weight excluding hydrogens is 328 g/mol. The van der Waals surface area contributed by atoms with Crippen LogP contribution in [0.5, 0.6) is 0 Å². The van der Waals surface area contributed by atoms with Crippen molar-refractivity contribution in [2.24, 2.45) is 21.6 Å². The van der Waals surface area contributed by atoms with Crippen LogP contribution >= 0.6 is 11.6 Å². The number of halogens is 1. The highest BCUT2D eigenvalue weighted by Crippen LogP contribution is 2.24. The van der Waals surface area contributed by atoms with Crippen molar-refractivity contribution in [3.8, 4) is 0 Å². The summed E-state index contributed by atoms with van der Waals surface area (Å²) in [6.07, 6.45) is 5.84. The lowest BCUT2D eigenvalue weighted by Crippen LogP contribution is -2.45. The van der Waals surface area contributed by atoms with Gasteiger partial charge >= 0.3 is 0 Å². The third-order valence-electron chi connectivity index (χ3n) is 2.92. The van der Waals surface area contributed by atoms with Gasteiger partial charge in [-0.15, -0.1) is 0 Å². The minimum Gasteiger partial charge on any atom is -0.390 e. The van der Waals surface area contributed by atoms with E-state index in [2.05, 4.69) is 38.3 Å². The molecular formula is C16H21ClN6O. The van der Waals surface area contributed by atoms with Gasteiger partial charge in [0.1, 0.15) is 0 Å². The normalized spacial score (nSPS) is 13.4. The molecule has 1 aromatic rings. The first-order valence-corrected chi connectivity index (χ1v) is 7.34. The monoisotopic (exact) mass is 348 g/mol. The largest absolute Gasteiger partial charge is 0.390 e. The lowest BCUT2D eigenvalue weighted by molar-refractivity contribution is 0.322. The van der Waals surface area contributed by atoms with E-state index in [9.17, 15) is 0 Å². The highest BCUT2D eigenvalue weighted by Gasteiger charge is 2.25. The van der Waals surface area contributed by atoms with Crippen LogP contribution < -0.4 is 16.9 Å². The van der Waals surface area contributed by atoms with Gasteiger partial charge in [0, 0.05) is 18.6 Å². The summed E-state index contributed by atoms with van der Waals surface area (Å²) in [6, 6.07) is 3.51. The third kappa shape index (κ3) is 5.22. The van der Waals surface area contributed by atoms with Gasteiger partial charge in [0.15, 0.2) is 5.96 Å². The van der Waals surface area contributed by atoms with Crippen molar-refractivity contribution in [2.45, 2.75) is 19.4 Å². The molecule has 8 heteroatoms. The van der Waals surface area contributed by atoms with Crippen molar-refractivity contribution in [1.29, 1.82) is 0 Å². The Balaban J connectivity index is 3.02. The molecule has 7 nitrogen and oxygen atoms in total. The van der Waals surface area contributed by atoms with Gasteiger partial charge in [0.25, 0.3) is 0 Å². The van der Waals surface area contributed by atoms with E-state index in [0.717, 1.165) is 0 Å². The summed E-state index contributed by atoms with van der Waals surface area (Å²) >= 11 is 6.17. The summed E-state index contributed by atoms with van der Waals surface area (Å²) in [5.74, 6) is 5.41. The van der Waals surface area contributed by atoms with Crippen molar-refractivity contribution in [3.63, 3.8) is 0 Å². The summed E-state index contributed by atoms with van der Waals surface area (Å²) in [5.41, 5.74) is 6.38. The number of hydrogen-bond donors (Lipinski definition) is 3. The highest BCUT2D eigenvalue weighted by atomic mass is 35.5. The Kier molecular flexibility index (Phi) is 7.16. The number of rotatable bonds is 6. The molecule has 1 aromatic heterocycles. The molecule has 0 unspecified atom stereocenters. The minimum absolute atomic E-state index is 0.114. The molecule has 0 atom stereocenters.